The number of carbonyl (C=O) groups is 1. The maximum Gasteiger partial charge on any atom is 0.330 e. The largest absolute Gasteiger partial charge is 0.460 e. The molecule has 2 aliphatic heterocycles. The Morgan fingerprint density at radius 1 is 0.844 bits per heavy atom. The number of carbonyl (C=O) groups excluding carboxylic acids is 1. The van der Waals surface area contributed by atoms with Crippen LogP contribution < -0.4 is 0 Å². The van der Waals surface area contributed by atoms with Gasteiger partial charge in [0.05, 0.1) is 13.2 Å². The monoisotopic (exact) mass is 464 g/mol. The maximum absolute atomic E-state index is 11.6. The third kappa shape index (κ3) is 6.25. The van der Waals surface area contributed by atoms with Crippen LogP contribution in [0, 0.1) is 0 Å². The van der Waals surface area contributed by atoms with Gasteiger partial charge in [0.25, 0.3) is 0 Å². The van der Waals surface area contributed by atoms with Gasteiger partial charge in [0, 0.05) is 48.7 Å². The van der Waals surface area contributed by atoms with Gasteiger partial charge in [0.1, 0.15) is 55.4 Å². The molecule has 0 aromatic carbocycles. The highest BCUT2D eigenvalue weighted by Crippen LogP contribution is 2.32. The standard InChI is InChI=1S/C21H36O11/c1-8-15(22)30-11-14-17(26-5)19(27-6)20(28-7)21(31-14)32-18-13(9-23-2)29-10-12(24-3)16(18)25-4/h8,12-14,16-21H,1,9-11H2,2-7H3. The summed E-state index contributed by atoms with van der Waals surface area (Å²) in [4.78, 5) is 11.6. The zero-order valence-corrected chi connectivity index (χ0v) is 19.6. The molecule has 2 fully saturated rings. The third-order valence-electron chi connectivity index (χ3n) is 5.69. The van der Waals surface area contributed by atoms with E-state index in [1.165, 1.54) is 21.3 Å². The van der Waals surface area contributed by atoms with Gasteiger partial charge < -0.3 is 47.4 Å². The molecule has 186 valence electrons. The Hall–Kier alpha value is -1.15. The lowest BCUT2D eigenvalue weighted by atomic mass is 9.97. The lowest BCUT2D eigenvalue weighted by Gasteiger charge is -2.48. The molecule has 32 heavy (non-hydrogen) atoms. The zero-order chi connectivity index (χ0) is 23.7. The Morgan fingerprint density at radius 2 is 1.50 bits per heavy atom. The Labute approximate surface area is 189 Å². The van der Waals surface area contributed by atoms with Crippen LogP contribution in [-0.4, -0.2) is 124 Å². The van der Waals surface area contributed by atoms with Crippen molar-refractivity contribution in [3.8, 4) is 0 Å². The third-order valence-corrected chi connectivity index (χ3v) is 5.69. The highest BCUT2D eigenvalue weighted by molar-refractivity contribution is 5.81. The van der Waals surface area contributed by atoms with Crippen molar-refractivity contribution in [3.63, 3.8) is 0 Å². The molecule has 0 spiro atoms. The van der Waals surface area contributed by atoms with E-state index >= 15 is 0 Å². The summed E-state index contributed by atoms with van der Waals surface area (Å²) in [5, 5.41) is 0. The highest BCUT2D eigenvalue weighted by atomic mass is 16.7. The second kappa shape index (κ2) is 13.5. The molecule has 9 unspecified atom stereocenters. The minimum Gasteiger partial charge on any atom is -0.460 e. The molecule has 2 rings (SSSR count). The summed E-state index contributed by atoms with van der Waals surface area (Å²) < 4.78 is 57.1. The molecule has 0 radical (unpaired) electrons. The second-order valence-electron chi connectivity index (χ2n) is 7.38. The molecule has 9 atom stereocenters. The average molecular weight is 465 g/mol. The molecule has 11 nitrogen and oxygen atoms in total. The molecule has 0 aromatic rings. The van der Waals surface area contributed by atoms with Gasteiger partial charge in [-0.05, 0) is 0 Å². The molecule has 0 N–H and O–H groups in total. The number of hydrogen-bond acceptors (Lipinski definition) is 11. The number of ether oxygens (including phenoxy) is 10. The number of esters is 1. The van der Waals surface area contributed by atoms with Crippen molar-refractivity contribution in [1.29, 1.82) is 0 Å². The summed E-state index contributed by atoms with van der Waals surface area (Å²) in [5.74, 6) is -0.577. The number of methoxy groups -OCH3 is 6. The smallest absolute Gasteiger partial charge is 0.330 e. The summed E-state index contributed by atoms with van der Waals surface area (Å²) in [6.45, 7) is 3.92. The van der Waals surface area contributed by atoms with Gasteiger partial charge in [-0.3, -0.25) is 0 Å². The number of hydrogen-bond donors (Lipinski definition) is 0. The van der Waals surface area contributed by atoms with E-state index in [0.717, 1.165) is 6.08 Å². The van der Waals surface area contributed by atoms with E-state index in [2.05, 4.69) is 6.58 Å². The predicted molar refractivity (Wildman–Crippen MR) is 110 cm³/mol. The van der Waals surface area contributed by atoms with Crippen LogP contribution in [0.2, 0.25) is 0 Å². The fourth-order valence-corrected chi connectivity index (χ4v) is 4.09. The minimum absolute atomic E-state index is 0.0867. The maximum atomic E-state index is 11.6. The first-order chi connectivity index (χ1) is 15.5. The van der Waals surface area contributed by atoms with Crippen LogP contribution in [0.25, 0.3) is 0 Å². The van der Waals surface area contributed by atoms with Crippen LogP contribution in [-0.2, 0) is 52.2 Å². The van der Waals surface area contributed by atoms with Gasteiger partial charge in [0.15, 0.2) is 6.29 Å². The van der Waals surface area contributed by atoms with Gasteiger partial charge >= 0.3 is 5.97 Å². The summed E-state index contributed by atoms with van der Waals surface area (Å²) in [6.07, 6.45) is -4.16. The Balaban J connectivity index is 2.29. The van der Waals surface area contributed by atoms with Crippen molar-refractivity contribution in [3.05, 3.63) is 12.7 Å². The highest BCUT2D eigenvalue weighted by Gasteiger charge is 2.51. The molecule has 0 amide bonds. The molecular formula is C21H36O11. The van der Waals surface area contributed by atoms with Gasteiger partial charge in [-0.15, -0.1) is 0 Å². The first kappa shape index (κ1) is 27.1. The van der Waals surface area contributed by atoms with Crippen molar-refractivity contribution in [2.24, 2.45) is 0 Å². The molecular weight excluding hydrogens is 428 g/mol. The minimum atomic E-state index is -0.912. The van der Waals surface area contributed by atoms with Gasteiger partial charge in [-0.25, -0.2) is 4.79 Å². The van der Waals surface area contributed by atoms with Crippen LogP contribution in [0.1, 0.15) is 0 Å². The predicted octanol–water partition coefficient (Wildman–Crippen LogP) is -0.0541. The van der Waals surface area contributed by atoms with Crippen molar-refractivity contribution < 1.29 is 52.2 Å². The molecule has 2 heterocycles. The second-order valence-corrected chi connectivity index (χ2v) is 7.38. The normalized spacial score (nSPS) is 37.8. The van der Waals surface area contributed by atoms with Gasteiger partial charge in [-0.1, -0.05) is 6.58 Å². The van der Waals surface area contributed by atoms with Crippen molar-refractivity contribution >= 4 is 5.97 Å². The Morgan fingerprint density at radius 3 is 2.03 bits per heavy atom. The SMILES string of the molecule is C=CC(=O)OCC1OC(OC2C(COC)OCC(OC)C2OC)C(OC)C(OC)C1OC. The fraction of sp³-hybridized carbons (Fsp3) is 0.857. The summed E-state index contributed by atoms with van der Waals surface area (Å²) in [6, 6.07) is 0. The topological polar surface area (TPSA) is 109 Å². The van der Waals surface area contributed by atoms with E-state index in [0.29, 0.717) is 6.61 Å². The van der Waals surface area contributed by atoms with Crippen molar-refractivity contribution in [2.75, 3.05) is 62.5 Å². The van der Waals surface area contributed by atoms with Crippen LogP contribution >= 0.6 is 0 Å². The quantitative estimate of drug-likeness (QED) is 0.286. The fourth-order valence-electron chi connectivity index (χ4n) is 4.09. The molecule has 0 bridgehead atoms. The lowest BCUT2D eigenvalue weighted by molar-refractivity contribution is -0.345. The molecule has 2 saturated heterocycles. The van der Waals surface area contributed by atoms with Crippen LogP contribution in [0.4, 0.5) is 0 Å². The van der Waals surface area contributed by atoms with E-state index in [1.54, 1.807) is 21.3 Å². The summed E-state index contributed by atoms with van der Waals surface area (Å²) in [5.41, 5.74) is 0. The van der Waals surface area contributed by atoms with E-state index < -0.39 is 55.0 Å². The van der Waals surface area contributed by atoms with E-state index in [1.807, 2.05) is 0 Å². The van der Waals surface area contributed by atoms with Gasteiger partial charge in [0.2, 0.25) is 0 Å². The van der Waals surface area contributed by atoms with E-state index in [9.17, 15) is 4.79 Å². The first-order valence-corrected chi connectivity index (χ1v) is 10.3. The summed E-state index contributed by atoms with van der Waals surface area (Å²) in [7, 11) is 9.31. The van der Waals surface area contributed by atoms with Crippen LogP contribution in [0.3, 0.4) is 0 Å². The molecule has 0 saturated carbocycles. The van der Waals surface area contributed by atoms with E-state index in [-0.39, 0.29) is 19.3 Å². The van der Waals surface area contributed by atoms with Crippen molar-refractivity contribution in [2.45, 2.75) is 55.1 Å². The Kier molecular flexibility index (Phi) is 11.5. The lowest BCUT2D eigenvalue weighted by Crippen LogP contribution is -2.64. The van der Waals surface area contributed by atoms with Gasteiger partial charge in [-0.2, -0.15) is 0 Å². The molecule has 11 heteroatoms. The first-order valence-electron chi connectivity index (χ1n) is 10.3. The Bertz CT molecular complexity index is 574. The van der Waals surface area contributed by atoms with Crippen LogP contribution in [0.5, 0.6) is 0 Å². The van der Waals surface area contributed by atoms with Crippen LogP contribution in [0.15, 0.2) is 12.7 Å². The number of rotatable bonds is 12. The summed E-state index contributed by atoms with van der Waals surface area (Å²) >= 11 is 0. The molecule has 2 aliphatic rings. The zero-order valence-electron chi connectivity index (χ0n) is 19.6. The molecule has 0 aliphatic carbocycles. The molecule has 0 aromatic heterocycles. The van der Waals surface area contributed by atoms with Crippen molar-refractivity contribution in [1.82, 2.24) is 0 Å². The van der Waals surface area contributed by atoms with E-state index in [4.69, 9.17) is 47.4 Å². The average Bonchev–Trinajstić information content (AvgIpc) is 2.82.